The van der Waals surface area contributed by atoms with Crippen LogP contribution in [0.4, 0.5) is 0 Å². The fourth-order valence-corrected chi connectivity index (χ4v) is 6.27. The Bertz CT molecular complexity index is 1010. The van der Waals surface area contributed by atoms with Crippen LogP contribution in [-0.2, 0) is 14.3 Å². The lowest BCUT2D eigenvalue weighted by Crippen LogP contribution is -2.49. The molecular weight excluding hydrogens is 408 g/mol. The van der Waals surface area contributed by atoms with E-state index in [0.29, 0.717) is 13.0 Å². The van der Waals surface area contributed by atoms with Crippen LogP contribution in [0.25, 0.3) is 0 Å². The Hall–Kier alpha value is -2.91. The van der Waals surface area contributed by atoms with Crippen LogP contribution in [-0.4, -0.2) is 18.4 Å². The van der Waals surface area contributed by atoms with E-state index in [2.05, 4.69) is 60.7 Å². The van der Waals surface area contributed by atoms with E-state index in [0.717, 1.165) is 31.2 Å². The first-order valence-corrected chi connectivity index (χ1v) is 12.2. The van der Waals surface area contributed by atoms with Gasteiger partial charge < -0.3 is 9.47 Å². The standard InChI is InChI=1S/C30H32O3/c1-2-26(23-13-6-3-7-14-23)28(31)33-30-20-12-19-29(30,21-22-32-30)27(24-15-8-4-9-16-24)25-17-10-5-11-18-25/h3-11,13-18,26-27H,2,12,19-22H2,1H3. The van der Waals surface area contributed by atoms with E-state index in [1.807, 2.05) is 37.3 Å². The maximum atomic E-state index is 13.6. The van der Waals surface area contributed by atoms with Crippen LogP contribution in [0, 0.1) is 5.41 Å². The normalized spacial score (nSPS) is 25.0. The highest BCUT2D eigenvalue weighted by Gasteiger charge is 2.66. The minimum atomic E-state index is -0.886. The average Bonchev–Trinajstić information content (AvgIpc) is 3.36. The Morgan fingerprint density at radius 3 is 1.91 bits per heavy atom. The monoisotopic (exact) mass is 440 g/mol. The van der Waals surface area contributed by atoms with Crippen molar-refractivity contribution >= 4 is 5.97 Å². The van der Waals surface area contributed by atoms with E-state index in [-0.39, 0.29) is 23.2 Å². The van der Waals surface area contributed by atoms with Crippen molar-refractivity contribution in [3.05, 3.63) is 108 Å². The van der Waals surface area contributed by atoms with Crippen LogP contribution in [0.5, 0.6) is 0 Å². The summed E-state index contributed by atoms with van der Waals surface area (Å²) in [7, 11) is 0. The van der Waals surface area contributed by atoms with Crippen LogP contribution in [0.15, 0.2) is 91.0 Å². The highest BCUT2D eigenvalue weighted by atomic mass is 16.7. The minimum Gasteiger partial charge on any atom is -0.432 e. The summed E-state index contributed by atoms with van der Waals surface area (Å²) in [4.78, 5) is 13.6. The number of esters is 1. The summed E-state index contributed by atoms with van der Waals surface area (Å²) in [5.41, 5.74) is 3.24. The molecule has 1 aliphatic heterocycles. The number of carbonyl (C=O) groups excluding carboxylic acids is 1. The molecule has 0 N–H and O–H groups in total. The maximum absolute atomic E-state index is 13.6. The van der Waals surface area contributed by atoms with Crippen molar-refractivity contribution in [3.63, 3.8) is 0 Å². The number of fused-ring (bicyclic) bond motifs is 1. The van der Waals surface area contributed by atoms with Crippen molar-refractivity contribution < 1.29 is 14.3 Å². The maximum Gasteiger partial charge on any atom is 0.315 e. The molecule has 33 heavy (non-hydrogen) atoms. The van der Waals surface area contributed by atoms with Gasteiger partial charge in [-0.1, -0.05) is 97.9 Å². The lowest BCUT2D eigenvalue weighted by molar-refractivity contribution is -0.243. The molecule has 1 saturated carbocycles. The smallest absolute Gasteiger partial charge is 0.315 e. The molecule has 0 aromatic heterocycles. The molecule has 1 heterocycles. The fourth-order valence-electron chi connectivity index (χ4n) is 6.27. The van der Waals surface area contributed by atoms with Crippen molar-refractivity contribution in [2.75, 3.05) is 6.61 Å². The molecule has 0 spiro atoms. The second kappa shape index (κ2) is 9.15. The molecule has 0 bridgehead atoms. The molecule has 3 nitrogen and oxygen atoms in total. The quantitative estimate of drug-likeness (QED) is 0.377. The van der Waals surface area contributed by atoms with Crippen LogP contribution in [0.2, 0.25) is 0 Å². The van der Waals surface area contributed by atoms with Gasteiger partial charge in [-0.15, -0.1) is 0 Å². The Balaban J connectivity index is 1.55. The number of ether oxygens (including phenoxy) is 2. The van der Waals surface area contributed by atoms with Gasteiger partial charge in [0.15, 0.2) is 0 Å². The predicted octanol–water partition coefficient (Wildman–Crippen LogP) is 6.84. The Labute approximate surface area is 196 Å². The van der Waals surface area contributed by atoms with Gasteiger partial charge in [0.2, 0.25) is 5.79 Å². The van der Waals surface area contributed by atoms with Crippen LogP contribution >= 0.6 is 0 Å². The molecule has 170 valence electrons. The highest BCUT2D eigenvalue weighted by molar-refractivity contribution is 5.78. The number of hydrogen-bond acceptors (Lipinski definition) is 3. The summed E-state index contributed by atoms with van der Waals surface area (Å²) in [6, 6.07) is 31.3. The van der Waals surface area contributed by atoms with E-state index in [9.17, 15) is 4.79 Å². The molecule has 0 radical (unpaired) electrons. The second-order valence-electron chi connectivity index (χ2n) is 9.41. The first kappa shape index (κ1) is 21.9. The van der Waals surface area contributed by atoms with Gasteiger partial charge in [-0.2, -0.15) is 0 Å². The van der Waals surface area contributed by atoms with Crippen LogP contribution < -0.4 is 0 Å². The van der Waals surface area contributed by atoms with Gasteiger partial charge >= 0.3 is 5.97 Å². The summed E-state index contributed by atoms with van der Waals surface area (Å²) in [5.74, 6) is -1.23. The molecular formula is C30H32O3. The van der Waals surface area contributed by atoms with E-state index < -0.39 is 5.79 Å². The molecule has 3 aromatic rings. The zero-order valence-electron chi connectivity index (χ0n) is 19.3. The molecule has 1 saturated heterocycles. The highest BCUT2D eigenvalue weighted by Crippen LogP contribution is 2.64. The molecule has 3 heteroatoms. The van der Waals surface area contributed by atoms with Crippen molar-refractivity contribution in [2.45, 2.75) is 56.7 Å². The van der Waals surface area contributed by atoms with Crippen molar-refractivity contribution in [2.24, 2.45) is 5.41 Å². The zero-order valence-corrected chi connectivity index (χ0v) is 19.3. The predicted molar refractivity (Wildman–Crippen MR) is 130 cm³/mol. The van der Waals surface area contributed by atoms with Gasteiger partial charge in [0.1, 0.15) is 0 Å². The van der Waals surface area contributed by atoms with E-state index in [1.165, 1.54) is 11.1 Å². The third-order valence-electron chi connectivity index (χ3n) is 7.75. The Morgan fingerprint density at radius 2 is 1.36 bits per heavy atom. The number of rotatable bonds is 7. The molecule has 3 atom stereocenters. The fraction of sp³-hybridized carbons (Fsp3) is 0.367. The van der Waals surface area contributed by atoms with Gasteiger partial charge in [0.25, 0.3) is 0 Å². The molecule has 3 unspecified atom stereocenters. The van der Waals surface area contributed by atoms with Gasteiger partial charge in [-0.05, 0) is 42.4 Å². The number of carbonyl (C=O) groups is 1. The van der Waals surface area contributed by atoms with E-state index in [1.54, 1.807) is 0 Å². The summed E-state index contributed by atoms with van der Waals surface area (Å²) >= 11 is 0. The first-order chi connectivity index (χ1) is 16.2. The van der Waals surface area contributed by atoms with Crippen molar-refractivity contribution in [3.8, 4) is 0 Å². The van der Waals surface area contributed by atoms with E-state index >= 15 is 0 Å². The van der Waals surface area contributed by atoms with Gasteiger partial charge in [0, 0.05) is 17.8 Å². The topological polar surface area (TPSA) is 35.5 Å². The minimum absolute atomic E-state index is 0.106. The van der Waals surface area contributed by atoms with Crippen molar-refractivity contribution in [1.82, 2.24) is 0 Å². The Kier molecular flexibility index (Phi) is 6.07. The Morgan fingerprint density at radius 1 is 0.818 bits per heavy atom. The van der Waals surface area contributed by atoms with Crippen LogP contribution in [0.1, 0.15) is 67.6 Å². The number of benzene rings is 3. The lowest BCUT2D eigenvalue weighted by atomic mass is 9.64. The van der Waals surface area contributed by atoms with Crippen LogP contribution in [0.3, 0.4) is 0 Å². The summed E-state index contributed by atoms with van der Waals surface area (Å²) in [5, 5.41) is 0. The zero-order chi connectivity index (χ0) is 22.7. The van der Waals surface area contributed by atoms with Crippen molar-refractivity contribution in [1.29, 1.82) is 0 Å². The van der Waals surface area contributed by atoms with Gasteiger partial charge in [-0.25, -0.2) is 0 Å². The lowest BCUT2D eigenvalue weighted by Gasteiger charge is -2.44. The summed E-state index contributed by atoms with van der Waals surface area (Å²) in [6.07, 6.45) is 4.31. The van der Waals surface area contributed by atoms with Gasteiger partial charge in [0.05, 0.1) is 12.5 Å². The second-order valence-corrected chi connectivity index (χ2v) is 9.41. The summed E-state index contributed by atoms with van der Waals surface area (Å²) < 4.78 is 12.9. The van der Waals surface area contributed by atoms with E-state index in [4.69, 9.17) is 9.47 Å². The third-order valence-corrected chi connectivity index (χ3v) is 7.75. The molecule has 0 amide bonds. The molecule has 2 fully saturated rings. The summed E-state index contributed by atoms with van der Waals surface area (Å²) in [6.45, 7) is 2.66. The molecule has 1 aliphatic carbocycles. The first-order valence-electron chi connectivity index (χ1n) is 12.2. The molecule has 5 rings (SSSR count). The largest absolute Gasteiger partial charge is 0.432 e. The molecule has 2 aliphatic rings. The molecule has 3 aromatic carbocycles. The average molecular weight is 441 g/mol. The SMILES string of the molecule is CCC(C(=O)OC12CCCC1(C(c1ccccc1)c1ccccc1)CCO2)c1ccccc1. The number of hydrogen-bond donors (Lipinski definition) is 0. The third kappa shape index (κ3) is 3.79. The van der Waals surface area contributed by atoms with Gasteiger partial charge in [-0.3, -0.25) is 4.79 Å².